The summed E-state index contributed by atoms with van der Waals surface area (Å²) in [6.07, 6.45) is -0.914. The van der Waals surface area contributed by atoms with E-state index in [1.807, 2.05) is 9.44 Å². The molecule has 0 bridgehead atoms. The Morgan fingerprint density at radius 1 is 1.24 bits per heavy atom. The van der Waals surface area contributed by atoms with E-state index in [1.54, 1.807) is 0 Å². The molecule has 2 aromatic carbocycles. The van der Waals surface area contributed by atoms with E-state index in [0.29, 0.717) is 5.56 Å². The Hall–Kier alpha value is -3.32. The number of carbonyl (C=O) groups excluding carboxylic acids is 2. The van der Waals surface area contributed by atoms with E-state index in [0.717, 1.165) is 29.0 Å². The van der Waals surface area contributed by atoms with Crippen LogP contribution in [0.4, 0.5) is 23.7 Å². The van der Waals surface area contributed by atoms with Gasteiger partial charge in [0.25, 0.3) is 16.1 Å². The molecule has 178 valence electrons. The third-order valence-corrected chi connectivity index (χ3v) is 5.90. The number of fused-ring (bicyclic) bond motifs is 1. The number of rotatable bonds is 7. The molecule has 0 atom stereocenters. The predicted molar refractivity (Wildman–Crippen MR) is 112 cm³/mol. The van der Waals surface area contributed by atoms with Crippen LogP contribution < -0.4 is 14.2 Å². The van der Waals surface area contributed by atoms with Gasteiger partial charge in [0.2, 0.25) is 0 Å². The van der Waals surface area contributed by atoms with Crippen LogP contribution in [0.3, 0.4) is 0 Å². The Bertz CT molecular complexity index is 1200. The van der Waals surface area contributed by atoms with Crippen molar-refractivity contribution in [3.8, 4) is 5.75 Å². The summed E-state index contributed by atoms with van der Waals surface area (Å²) in [5.74, 6) is -6.25. The first-order valence-electron chi connectivity index (χ1n) is 9.54. The number of hydrogen-bond donors (Lipinski definition) is 2. The molecule has 0 fully saturated rings. The fourth-order valence-corrected chi connectivity index (χ4v) is 3.66. The number of nitrogens with one attached hydrogen (secondary N) is 2. The number of halogens is 3. The minimum absolute atomic E-state index is 0.00596. The Kier molecular flexibility index (Phi) is 6.56. The fraction of sp³-hybridized carbons (Fsp3) is 0.300. The number of amides is 2. The average Bonchev–Trinajstić information content (AvgIpc) is 2.75. The maximum atomic E-state index is 14.8. The van der Waals surface area contributed by atoms with Gasteiger partial charge in [0.15, 0.2) is 5.82 Å². The molecule has 0 radical (unpaired) electrons. The second-order valence-electron chi connectivity index (χ2n) is 7.41. The van der Waals surface area contributed by atoms with E-state index in [-0.39, 0.29) is 30.1 Å². The van der Waals surface area contributed by atoms with Gasteiger partial charge in [-0.1, -0.05) is 24.3 Å². The van der Waals surface area contributed by atoms with Crippen LogP contribution in [-0.4, -0.2) is 51.4 Å². The summed E-state index contributed by atoms with van der Waals surface area (Å²) < 4.78 is 76.1. The van der Waals surface area contributed by atoms with Crippen molar-refractivity contribution in [2.45, 2.75) is 19.0 Å². The lowest BCUT2D eigenvalue weighted by Gasteiger charge is -2.29. The molecule has 0 saturated carbocycles. The zero-order valence-electron chi connectivity index (χ0n) is 17.9. The smallest absolute Gasteiger partial charge is 0.410 e. The highest BCUT2D eigenvalue weighted by Crippen LogP contribution is 2.36. The minimum atomic E-state index is -3.96. The summed E-state index contributed by atoms with van der Waals surface area (Å²) in [6.45, 7) is -0.343. The van der Waals surface area contributed by atoms with Gasteiger partial charge in [-0.3, -0.25) is 14.4 Å². The summed E-state index contributed by atoms with van der Waals surface area (Å²) >= 11 is 0. The van der Waals surface area contributed by atoms with Crippen molar-refractivity contribution in [3.63, 3.8) is 0 Å². The van der Waals surface area contributed by atoms with Crippen molar-refractivity contribution in [1.29, 1.82) is 0 Å². The number of nitrogens with zero attached hydrogens (tertiary/aromatic N) is 2. The van der Waals surface area contributed by atoms with Crippen molar-refractivity contribution in [2.75, 3.05) is 25.9 Å². The molecule has 9 nitrogen and oxygen atoms in total. The van der Waals surface area contributed by atoms with E-state index >= 15 is 0 Å². The van der Waals surface area contributed by atoms with Gasteiger partial charge in [0.1, 0.15) is 5.75 Å². The molecule has 2 amide bonds. The molecule has 0 spiro atoms. The number of hydrogen-bond acceptors (Lipinski definition) is 5. The SMILES string of the molecule is CNS(=O)(=O)Nc1cccc(CN2Cc3ccc(C(F)(F)C(=O)N(C)C)cc3OC2=O)c1F. The summed E-state index contributed by atoms with van der Waals surface area (Å²) in [5.41, 5.74) is -0.563. The third kappa shape index (κ3) is 5.03. The van der Waals surface area contributed by atoms with E-state index in [9.17, 15) is 31.2 Å². The first kappa shape index (κ1) is 24.3. The lowest BCUT2D eigenvalue weighted by Crippen LogP contribution is -2.38. The van der Waals surface area contributed by atoms with Crippen LogP contribution in [0, 0.1) is 5.82 Å². The number of alkyl halides is 2. The van der Waals surface area contributed by atoms with Crippen LogP contribution in [0.15, 0.2) is 36.4 Å². The maximum absolute atomic E-state index is 14.8. The molecular formula is C20H21F3N4O5S. The van der Waals surface area contributed by atoms with Gasteiger partial charge >= 0.3 is 12.0 Å². The molecule has 1 heterocycles. The van der Waals surface area contributed by atoms with Gasteiger partial charge in [0, 0.05) is 37.8 Å². The number of anilines is 1. The molecule has 13 heteroatoms. The van der Waals surface area contributed by atoms with Crippen LogP contribution in [0.5, 0.6) is 5.75 Å². The molecular weight excluding hydrogens is 465 g/mol. The van der Waals surface area contributed by atoms with Crippen LogP contribution in [0.2, 0.25) is 0 Å². The zero-order chi connectivity index (χ0) is 24.6. The second-order valence-corrected chi connectivity index (χ2v) is 9.03. The van der Waals surface area contributed by atoms with E-state index in [1.165, 1.54) is 38.4 Å². The Morgan fingerprint density at radius 3 is 2.58 bits per heavy atom. The molecule has 33 heavy (non-hydrogen) atoms. The topological polar surface area (TPSA) is 108 Å². The number of carbonyl (C=O) groups is 2. The van der Waals surface area contributed by atoms with Gasteiger partial charge in [-0.15, -0.1) is 0 Å². The summed E-state index contributed by atoms with van der Waals surface area (Å²) in [6, 6.07) is 7.28. The molecule has 1 aliphatic rings. The fourth-order valence-electron chi connectivity index (χ4n) is 3.11. The largest absolute Gasteiger partial charge is 0.415 e. The minimum Gasteiger partial charge on any atom is -0.410 e. The summed E-state index contributed by atoms with van der Waals surface area (Å²) in [4.78, 5) is 26.1. The normalized spacial score (nSPS) is 13.9. The van der Waals surface area contributed by atoms with Gasteiger partial charge in [-0.05, 0) is 12.1 Å². The van der Waals surface area contributed by atoms with E-state index in [2.05, 4.69) is 0 Å². The summed E-state index contributed by atoms with van der Waals surface area (Å²) in [5, 5.41) is 0. The van der Waals surface area contributed by atoms with Crippen LogP contribution in [0.25, 0.3) is 0 Å². The third-order valence-electron chi connectivity index (χ3n) is 4.87. The number of likely N-dealkylation sites (N-methyl/N-ethyl adjacent to an activating group) is 1. The molecule has 3 rings (SSSR count). The summed E-state index contributed by atoms with van der Waals surface area (Å²) in [7, 11) is -0.404. The zero-order valence-corrected chi connectivity index (χ0v) is 18.7. The van der Waals surface area contributed by atoms with Gasteiger partial charge in [0.05, 0.1) is 18.8 Å². The highest BCUT2D eigenvalue weighted by atomic mass is 32.2. The first-order chi connectivity index (χ1) is 15.4. The Balaban J connectivity index is 1.83. The van der Waals surface area contributed by atoms with Crippen molar-refractivity contribution in [1.82, 2.24) is 14.5 Å². The van der Waals surface area contributed by atoms with Crippen molar-refractivity contribution in [2.24, 2.45) is 0 Å². The first-order valence-corrected chi connectivity index (χ1v) is 11.0. The number of benzene rings is 2. The lowest BCUT2D eigenvalue weighted by atomic mass is 10.0. The molecule has 1 aliphatic heterocycles. The van der Waals surface area contributed by atoms with Gasteiger partial charge < -0.3 is 9.64 Å². The predicted octanol–water partition coefficient (Wildman–Crippen LogP) is 2.40. The molecule has 0 saturated heterocycles. The average molecular weight is 486 g/mol. The van der Waals surface area contributed by atoms with Crippen LogP contribution >= 0.6 is 0 Å². The van der Waals surface area contributed by atoms with E-state index in [4.69, 9.17) is 4.74 Å². The number of ether oxygens (including phenoxy) is 1. The standard InChI is InChI=1S/C20H21F3N4O5S/c1-24-33(30,31)25-15-6-4-5-13(17(15)21)11-27-10-12-7-8-14(9-16(12)32-19(27)29)20(22,23)18(28)26(2)3/h4-9,24-25H,10-11H2,1-3H3. The maximum Gasteiger partial charge on any atom is 0.415 e. The monoisotopic (exact) mass is 486 g/mol. The van der Waals surface area contributed by atoms with E-state index < -0.39 is 39.5 Å². The highest BCUT2D eigenvalue weighted by molar-refractivity contribution is 7.90. The van der Waals surface area contributed by atoms with Gasteiger partial charge in [-0.2, -0.15) is 17.2 Å². The van der Waals surface area contributed by atoms with Crippen LogP contribution in [0.1, 0.15) is 16.7 Å². The van der Waals surface area contributed by atoms with Crippen LogP contribution in [-0.2, 0) is 34.0 Å². The lowest BCUT2D eigenvalue weighted by molar-refractivity contribution is -0.156. The highest BCUT2D eigenvalue weighted by Gasteiger charge is 2.43. The Morgan fingerprint density at radius 2 is 1.94 bits per heavy atom. The van der Waals surface area contributed by atoms with Gasteiger partial charge in [-0.25, -0.2) is 13.9 Å². The molecule has 0 unspecified atom stereocenters. The quantitative estimate of drug-likeness (QED) is 0.625. The molecule has 2 aromatic rings. The Labute approximate surface area is 188 Å². The molecule has 0 aliphatic carbocycles. The second kappa shape index (κ2) is 8.90. The van der Waals surface area contributed by atoms with Crippen molar-refractivity contribution in [3.05, 3.63) is 58.9 Å². The van der Waals surface area contributed by atoms with Crippen molar-refractivity contribution < 1.29 is 35.9 Å². The molecule has 2 N–H and O–H groups in total. The molecule has 0 aromatic heterocycles. The van der Waals surface area contributed by atoms with Crippen molar-refractivity contribution >= 4 is 27.9 Å².